The number of aromatic amines is 1. The summed E-state index contributed by atoms with van der Waals surface area (Å²) in [4.78, 5) is 30.3. The van der Waals surface area contributed by atoms with Gasteiger partial charge in [-0.15, -0.1) is 0 Å². The Kier molecular flexibility index (Phi) is 6.70. The maximum Gasteiger partial charge on any atom is 0.270 e. The topological polar surface area (TPSA) is 117 Å². The zero-order valence-corrected chi connectivity index (χ0v) is 19.6. The summed E-state index contributed by atoms with van der Waals surface area (Å²) in [5, 5.41) is 3.76. The molecule has 0 aliphatic carbocycles. The first-order valence-corrected chi connectivity index (χ1v) is 12.0. The second kappa shape index (κ2) is 8.96. The zero-order valence-electron chi connectivity index (χ0n) is 18.7. The average Bonchev–Trinajstić information content (AvgIpc) is 3.08. The van der Waals surface area contributed by atoms with Crippen molar-refractivity contribution in [2.24, 2.45) is 0 Å². The van der Waals surface area contributed by atoms with Gasteiger partial charge in [-0.2, -0.15) is 4.31 Å². The summed E-state index contributed by atoms with van der Waals surface area (Å²) >= 11 is 0. The van der Waals surface area contributed by atoms with Crippen molar-refractivity contribution in [3.05, 3.63) is 34.0 Å². The number of H-pyrrole nitrogens is 1. The standard InChI is InChI=1S/C21H30N4O5S/c1-6-8-17-18(15(4)26)13(2)22-19(17)21(27)24-9-7-10-25(12-11-24)31(28,29)20-14(3)23-30-16(20)5/h22H,6-12H2,1-5H3. The van der Waals surface area contributed by atoms with E-state index in [9.17, 15) is 18.0 Å². The molecule has 1 aliphatic heterocycles. The molecule has 170 valence electrons. The summed E-state index contributed by atoms with van der Waals surface area (Å²) in [5.74, 6) is -0.00278. The smallest absolute Gasteiger partial charge is 0.270 e. The Labute approximate surface area is 182 Å². The molecule has 1 aliphatic rings. The van der Waals surface area contributed by atoms with Crippen molar-refractivity contribution in [2.45, 2.75) is 58.8 Å². The van der Waals surface area contributed by atoms with Crippen LogP contribution in [0.4, 0.5) is 0 Å². The average molecular weight is 451 g/mol. The van der Waals surface area contributed by atoms with E-state index in [1.54, 1.807) is 25.7 Å². The third kappa shape index (κ3) is 4.31. The fourth-order valence-corrected chi connectivity index (χ4v) is 6.06. The number of sulfonamides is 1. The molecule has 31 heavy (non-hydrogen) atoms. The van der Waals surface area contributed by atoms with Crippen LogP contribution in [-0.2, 0) is 16.4 Å². The molecule has 2 aromatic rings. The molecule has 0 bridgehead atoms. The summed E-state index contributed by atoms with van der Waals surface area (Å²) < 4.78 is 32.7. The summed E-state index contributed by atoms with van der Waals surface area (Å²) in [7, 11) is -3.76. The van der Waals surface area contributed by atoms with Crippen LogP contribution in [0.3, 0.4) is 0 Å². The van der Waals surface area contributed by atoms with Crippen molar-refractivity contribution in [3.8, 4) is 0 Å². The van der Waals surface area contributed by atoms with Crippen molar-refractivity contribution < 1.29 is 22.5 Å². The van der Waals surface area contributed by atoms with Crippen LogP contribution >= 0.6 is 0 Å². The van der Waals surface area contributed by atoms with E-state index in [0.29, 0.717) is 48.6 Å². The van der Waals surface area contributed by atoms with Crippen LogP contribution < -0.4 is 0 Å². The van der Waals surface area contributed by atoms with Crippen LogP contribution in [-0.4, -0.2) is 65.6 Å². The molecule has 9 nitrogen and oxygen atoms in total. The third-order valence-corrected chi connectivity index (χ3v) is 7.81. The van der Waals surface area contributed by atoms with E-state index in [4.69, 9.17) is 4.52 Å². The predicted octanol–water partition coefficient (Wildman–Crippen LogP) is 2.62. The van der Waals surface area contributed by atoms with Crippen LogP contribution in [0.15, 0.2) is 9.42 Å². The van der Waals surface area contributed by atoms with Gasteiger partial charge >= 0.3 is 0 Å². The molecule has 0 unspecified atom stereocenters. The number of hydrogen-bond acceptors (Lipinski definition) is 6. The van der Waals surface area contributed by atoms with Gasteiger partial charge in [0, 0.05) is 37.4 Å². The minimum Gasteiger partial charge on any atom is -0.360 e. The molecular formula is C21H30N4O5S. The van der Waals surface area contributed by atoms with Crippen LogP contribution in [0, 0.1) is 20.8 Å². The minimum atomic E-state index is -3.76. The maximum atomic E-state index is 13.3. The van der Waals surface area contributed by atoms with E-state index in [2.05, 4.69) is 10.1 Å². The number of carbonyl (C=O) groups is 2. The highest BCUT2D eigenvalue weighted by Gasteiger charge is 2.34. The monoisotopic (exact) mass is 450 g/mol. The minimum absolute atomic E-state index is 0.0659. The lowest BCUT2D eigenvalue weighted by molar-refractivity contribution is 0.0757. The van der Waals surface area contributed by atoms with E-state index in [1.807, 2.05) is 6.92 Å². The van der Waals surface area contributed by atoms with Gasteiger partial charge in [-0.3, -0.25) is 9.59 Å². The maximum absolute atomic E-state index is 13.3. The van der Waals surface area contributed by atoms with Gasteiger partial charge in [0.2, 0.25) is 10.0 Å². The summed E-state index contributed by atoms with van der Waals surface area (Å²) in [6, 6.07) is 0. The van der Waals surface area contributed by atoms with E-state index in [1.165, 1.54) is 11.2 Å². The Balaban J connectivity index is 1.84. The summed E-state index contributed by atoms with van der Waals surface area (Å²) in [5.41, 5.74) is 2.80. The van der Waals surface area contributed by atoms with Crippen molar-refractivity contribution in [1.29, 1.82) is 0 Å². The molecule has 1 saturated heterocycles. The van der Waals surface area contributed by atoms with Crippen LogP contribution in [0.25, 0.3) is 0 Å². The number of aromatic nitrogens is 2. The molecular weight excluding hydrogens is 420 g/mol. The molecule has 0 saturated carbocycles. The first-order valence-electron chi connectivity index (χ1n) is 10.5. The van der Waals surface area contributed by atoms with E-state index >= 15 is 0 Å². The lowest BCUT2D eigenvalue weighted by Crippen LogP contribution is -2.38. The fourth-order valence-electron chi connectivity index (χ4n) is 4.30. The van der Waals surface area contributed by atoms with E-state index in [0.717, 1.165) is 12.0 Å². The first kappa shape index (κ1) is 23.2. The number of aryl methyl sites for hydroxylation is 3. The van der Waals surface area contributed by atoms with Crippen molar-refractivity contribution >= 4 is 21.7 Å². The highest BCUT2D eigenvalue weighted by Crippen LogP contribution is 2.26. The summed E-state index contributed by atoms with van der Waals surface area (Å²) in [6.45, 7) is 9.68. The third-order valence-electron chi connectivity index (χ3n) is 5.66. The number of ketones is 1. The van der Waals surface area contributed by atoms with Crippen molar-refractivity contribution in [2.75, 3.05) is 26.2 Å². The van der Waals surface area contributed by atoms with Gasteiger partial charge in [0.05, 0.1) is 0 Å². The van der Waals surface area contributed by atoms with Gasteiger partial charge in [-0.1, -0.05) is 18.5 Å². The zero-order chi connectivity index (χ0) is 22.9. The molecule has 3 rings (SSSR count). The van der Waals surface area contributed by atoms with Crippen LogP contribution in [0.5, 0.6) is 0 Å². The van der Waals surface area contributed by atoms with Gasteiger partial charge < -0.3 is 14.4 Å². The van der Waals surface area contributed by atoms with Gasteiger partial charge in [0.25, 0.3) is 5.91 Å². The Morgan fingerprint density at radius 3 is 2.42 bits per heavy atom. The second-order valence-electron chi connectivity index (χ2n) is 7.99. The largest absolute Gasteiger partial charge is 0.360 e. The molecule has 0 atom stereocenters. The molecule has 2 aromatic heterocycles. The van der Waals surface area contributed by atoms with Crippen LogP contribution in [0.2, 0.25) is 0 Å². The predicted molar refractivity (Wildman–Crippen MR) is 115 cm³/mol. The van der Waals surface area contributed by atoms with E-state index in [-0.39, 0.29) is 35.4 Å². The molecule has 1 fully saturated rings. The van der Waals surface area contributed by atoms with Gasteiger partial charge in [0.15, 0.2) is 11.5 Å². The van der Waals surface area contributed by atoms with Gasteiger partial charge in [0.1, 0.15) is 16.3 Å². The fraction of sp³-hybridized carbons (Fsp3) is 0.571. The SMILES string of the molecule is CCCc1c(C(=O)N2CCCN(S(=O)(=O)c3c(C)noc3C)CC2)[nH]c(C)c1C(C)=O. The highest BCUT2D eigenvalue weighted by molar-refractivity contribution is 7.89. The number of rotatable bonds is 6. The first-order chi connectivity index (χ1) is 14.6. The summed E-state index contributed by atoms with van der Waals surface area (Å²) in [6.07, 6.45) is 1.94. The van der Waals surface area contributed by atoms with Crippen molar-refractivity contribution in [3.63, 3.8) is 0 Å². The number of nitrogens with zero attached hydrogens (tertiary/aromatic N) is 3. The van der Waals surface area contributed by atoms with Gasteiger partial charge in [-0.25, -0.2) is 8.42 Å². The molecule has 3 heterocycles. The molecule has 0 spiro atoms. The second-order valence-corrected chi connectivity index (χ2v) is 9.86. The number of nitrogens with one attached hydrogen (secondary N) is 1. The quantitative estimate of drug-likeness (QED) is 0.676. The Morgan fingerprint density at radius 1 is 1.13 bits per heavy atom. The number of hydrogen-bond donors (Lipinski definition) is 1. The molecule has 1 amide bonds. The molecule has 1 N–H and O–H groups in total. The Bertz CT molecular complexity index is 1080. The lowest BCUT2D eigenvalue weighted by Gasteiger charge is -2.22. The Morgan fingerprint density at radius 2 is 1.84 bits per heavy atom. The highest BCUT2D eigenvalue weighted by atomic mass is 32.2. The van der Waals surface area contributed by atoms with Crippen molar-refractivity contribution in [1.82, 2.24) is 19.3 Å². The molecule has 0 radical (unpaired) electrons. The molecule has 10 heteroatoms. The number of carbonyl (C=O) groups excluding carboxylic acids is 2. The van der Waals surface area contributed by atoms with Crippen LogP contribution in [0.1, 0.15) is 70.2 Å². The number of amides is 1. The van der Waals surface area contributed by atoms with Gasteiger partial charge in [-0.05, 0) is 46.1 Å². The normalized spacial score (nSPS) is 15.8. The van der Waals surface area contributed by atoms with E-state index < -0.39 is 10.0 Å². The molecule has 0 aromatic carbocycles. The lowest BCUT2D eigenvalue weighted by atomic mass is 10.0. The number of Topliss-reactive ketones (excluding diaryl/α,β-unsaturated/α-hetero) is 1. The Hall–Kier alpha value is -2.46.